The lowest BCUT2D eigenvalue weighted by molar-refractivity contribution is 0.102. The number of hydrogen-bond donors (Lipinski definition) is 3. The van der Waals surface area contributed by atoms with Gasteiger partial charge < -0.3 is 20.6 Å². The highest BCUT2D eigenvalue weighted by molar-refractivity contribution is 9.10. The Morgan fingerprint density at radius 2 is 2.13 bits per heavy atom. The largest absolute Gasteiger partial charge is 0.465 e. The molecule has 0 aromatic carbocycles. The number of thiophene rings is 1. The van der Waals surface area contributed by atoms with Crippen molar-refractivity contribution in [3.05, 3.63) is 46.1 Å². The Morgan fingerprint density at radius 1 is 1.30 bits per heavy atom. The van der Waals surface area contributed by atoms with Gasteiger partial charge in [0.25, 0.3) is 5.91 Å². The number of nitrogens with zero attached hydrogens (tertiary/aromatic N) is 3. The molecule has 1 saturated heterocycles. The van der Waals surface area contributed by atoms with Gasteiger partial charge in [0.2, 0.25) is 0 Å². The smallest absolute Gasteiger partial charge is 0.404 e. The number of halogens is 1. The van der Waals surface area contributed by atoms with Gasteiger partial charge in [-0.3, -0.25) is 9.78 Å². The number of hydrogen-bond acceptors (Lipinski definition) is 6. The van der Waals surface area contributed by atoms with E-state index >= 15 is 0 Å². The predicted molar refractivity (Wildman–Crippen MR) is 120 cm³/mol. The molecule has 0 unspecified atom stereocenters. The number of anilines is 2. The van der Waals surface area contributed by atoms with Gasteiger partial charge in [-0.15, -0.1) is 11.3 Å². The molecule has 4 heterocycles. The third-order valence-electron chi connectivity index (χ3n) is 4.98. The van der Waals surface area contributed by atoms with E-state index in [1.807, 2.05) is 17.5 Å². The number of rotatable bonds is 4. The number of fused-ring (bicyclic) bond motifs is 1. The maximum absolute atomic E-state index is 12.9. The summed E-state index contributed by atoms with van der Waals surface area (Å²) in [5, 5.41) is 16.5. The second-order valence-electron chi connectivity index (χ2n) is 7.37. The molecule has 4 rings (SSSR count). The summed E-state index contributed by atoms with van der Waals surface area (Å²) >= 11 is 5.02. The van der Waals surface area contributed by atoms with Gasteiger partial charge in [0.15, 0.2) is 0 Å². The zero-order chi connectivity index (χ0) is 21.3. The Bertz CT molecular complexity index is 1100. The molecule has 2 amide bonds. The number of piperidine rings is 1. The summed E-state index contributed by atoms with van der Waals surface area (Å²) in [7, 11) is 0. The fourth-order valence-corrected chi connectivity index (χ4v) is 5.25. The van der Waals surface area contributed by atoms with E-state index in [2.05, 4.69) is 48.4 Å². The molecular formula is C20H20BrN5O3S. The molecule has 0 aliphatic carbocycles. The summed E-state index contributed by atoms with van der Waals surface area (Å²) in [4.78, 5) is 34.7. The minimum atomic E-state index is -1.03. The normalized spacial score (nSPS) is 18.9. The molecular weight excluding hydrogens is 470 g/mol. The third-order valence-corrected chi connectivity index (χ3v) is 6.83. The first kappa shape index (κ1) is 20.5. The van der Waals surface area contributed by atoms with Crippen LogP contribution in [0.5, 0.6) is 0 Å². The summed E-state index contributed by atoms with van der Waals surface area (Å²) in [6.45, 7) is 3.37. The van der Waals surface area contributed by atoms with Gasteiger partial charge in [0.1, 0.15) is 5.69 Å². The number of carboxylic acid groups (broad SMARTS) is 1. The molecule has 10 heteroatoms. The van der Waals surface area contributed by atoms with Crippen LogP contribution in [0.2, 0.25) is 0 Å². The van der Waals surface area contributed by atoms with Gasteiger partial charge in [-0.1, -0.05) is 6.92 Å². The minimum Gasteiger partial charge on any atom is -0.465 e. The van der Waals surface area contributed by atoms with Crippen LogP contribution in [0.15, 0.2) is 40.4 Å². The number of pyridine rings is 2. The number of aromatic nitrogens is 2. The van der Waals surface area contributed by atoms with E-state index in [0.717, 1.165) is 33.3 Å². The lowest BCUT2D eigenvalue weighted by Crippen LogP contribution is -2.50. The molecule has 0 bridgehead atoms. The van der Waals surface area contributed by atoms with Crippen LogP contribution in [-0.2, 0) is 0 Å². The van der Waals surface area contributed by atoms with Crippen molar-refractivity contribution in [1.29, 1.82) is 0 Å². The first-order valence-electron chi connectivity index (χ1n) is 9.44. The molecule has 156 valence electrons. The van der Waals surface area contributed by atoms with Crippen molar-refractivity contribution in [1.82, 2.24) is 15.3 Å². The van der Waals surface area contributed by atoms with Gasteiger partial charge in [-0.05, 0) is 46.5 Å². The maximum Gasteiger partial charge on any atom is 0.404 e. The van der Waals surface area contributed by atoms with Gasteiger partial charge in [0, 0.05) is 30.7 Å². The molecule has 3 N–H and O–H groups in total. The van der Waals surface area contributed by atoms with Crippen LogP contribution in [-0.4, -0.2) is 46.2 Å². The van der Waals surface area contributed by atoms with Gasteiger partial charge in [-0.25, -0.2) is 9.78 Å². The van der Waals surface area contributed by atoms with Crippen LogP contribution < -0.4 is 15.5 Å². The third kappa shape index (κ3) is 4.39. The Kier molecular flexibility index (Phi) is 5.87. The number of carbonyl (C=O) groups excluding carboxylic acids is 1. The Balaban J connectivity index is 1.57. The van der Waals surface area contributed by atoms with Crippen molar-refractivity contribution in [2.75, 3.05) is 23.3 Å². The summed E-state index contributed by atoms with van der Waals surface area (Å²) < 4.78 is 1.86. The highest BCUT2D eigenvalue weighted by atomic mass is 79.9. The lowest BCUT2D eigenvalue weighted by Gasteiger charge is -2.38. The molecule has 2 atom stereocenters. The zero-order valence-electron chi connectivity index (χ0n) is 16.1. The molecule has 3 aromatic rings. The van der Waals surface area contributed by atoms with E-state index in [4.69, 9.17) is 5.11 Å². The fraction of sp³-hybridized carbons (Fsp3) is 0.300. The van der Waals surface area contributed by atoms with Crippen LogP contribution >= 0.6 is 27.3 Å². The van der Waals surface area contributed by atoms with Crippen LogP contribution in [0, 0.1) is 5.92 Å². The summed E-state index contributed by atoms with van der Waals surface area (Å²) in [5.41, 5.74) is 2.44. The van der Waals surface area contributed by atoms with E-state index in [9.17, 15) is 9.59 Å². The Labute approximate surface area is 185 Å². The summed E-state index contributed by atoms with van der Waals surface area (Å²) in [6.07, 6.45) is 3.01. The summed E-state index contributed by atoms with van der Waals surface area (Å²) in [5.74, 6) is -0.0261. The maximum atomic E-state index is 12.9. The van der Waals surface area contributed by atoms with E-state index < -0.39 is 6.09 Å². The predicted octanol–water partition coefficient (Wildman–Crippen LogP) is 4.19. The van der Waals surface area contributed by atoms with E-state index in [1.165, 1.54) is 0 Å². The number of amides is 2. The van der Waals surface area contributed by atoms with Crippen molar-refractivity contribution in [2.45, 2.75) is 19.4 Å². The van der Waals surface area contributed by atoms with Crippen molar-refractivity contribution in [3.8, 4) is 0 Å². The summed E-state index contributed by atoms with van der Waals surface area (Å²) in [6, 6.07) is 5.23. The minimum absolute atomic E-state index is 0.178. The van der Waals surface area contributed by atoms with Crippen LogP contribution in [0.4, 0.5) is 16.2 Å². The monoisotopic (exact) mass is 489 g/mol. The molecule has 1 aliphatic heterocycles. The molecule has 0 radical (unpaired) electrons. The molecule has 1 fully saturated rings. The van der Waals surface area contributed by atoms with Crippen molar-refractivity contribution < 1.29 is 14.7 Å². The van der Waals surface area contributed by atoms with Gasteiger partial charge >= 0.3 is 6.09 Å². The van der Waals surface area contributed by atoms with E-state index in [0.29, 0.717) is 23.8 Å². The Morgan fingerprint density at radius 3 is 2.93 bits per heavy atom. The van der Waals surface area contributed by atoms with E-state index in [-0.39, 0.29) is 11.9 Å². The van der Waals surface area contributed by atoms with Crippen LogP contribution in [0.1, 0.15) is 23.8 Å². The second kappa shape index (κ2) is 8.57. The molecule has 1 aliphatic rings. The molecule has 8 nitrogen and oxygen atoms in total. The molecule has 30 heavy (non-hydrogen) atoms. The highest BCUT2D eigenvalue weighted by Gasteiger charge is 2.27. The zero-order valence-corrected chi connectivity index (χ0v) is 18.5. The first-order valence-corrected chi connectivity index (χ1v) is 11.1. The number of carbonyl (C=O) groups is 2. The van der Waals surface area contributed by atoms with Crippen LogP contribution in [0.25, 0.3) is 10.2 Å². The first-order chi connectivity index (χ1) is 14.4. The average molecular weight is 490 g/mol. The van der Waals surface area contributed by atoms with Crippen LogP contribution in [0.3, 0.4) is 0 Å². The molecule has 0 spiro atoms. The van der Waals surface area contributed by atoms with Crippen molar-refractivity contribution in [2.24, 2.45) is 5.92 Å². The average Bonchev–Trinajstić information content (AvgIpc) is 3.07. The lowest BCUT2D eigenvalue weighted by atomic mass is 9.95. The SMILES string of the molecule is C[C@@H]1C[C@H](NC(=O)O)CN(c2ccncc2NC(=O)c2ccc3scc(Br)c3n2)C1. The fourth-order valence-electron chi connectivity index (χ4n) is 3.78. The van der Waals surface area contributed by atoms with Gasteiger partial charge in [0.05, 0.1) is 32.3 Å². The molecule has 0 saturated carbocycles. The second-order valence-corrected chi connectivity index (χ2v) is 9.13. The molecule has 3 aromatic heterocycles. The highest BCUT2D eigenvalue weighted by Crippen LogP contribution is 2.31. The standard InChI is InChI=1S/C20H20BrN5O3S/c1-11-6-12(23-20(28)29)9-26(8-11)16-4-5-22-7-15(16)25-19(27)14-2-3-17-18(24-14)13(21)10-30-17/h2-5,7,10-12,23H,6,8-9H2,1H3,(H,25,27)(H,28,29)/t11-,12+/m1/s1. The Hall–Kier alpha value is -2.72. The van der Waals surface area contributed by atoms with Crippen molar-refractivity contribution in [3.63, 3.8) is 0 Å². The topological polar surface area (TPSA) is 107 Å². The van der Waals surface area contributed by atoms with E-state index in [1.54, 1.807) is 29.8 Å². The number of nitrogens with one attached hydrogen (secondary N) is 2. The van der Waals surface area contributed by atoms with Gasteiger partial charge in [-0.2, -0.15) is 0 Å². The quantitative estimate of drug-likeness (QED) is 0.507. The van der Waals surface area contributed by atoms with Crippen molar-refractivity contribution >= 4 is 60.9 Å².